The van der Waals surface area contributed by atoms with E-state index in [2.05, 4.69) is 20.3 Å². The number of hydrogen-bond donors (Lipinski definition) is 0. The number of benzene rings is 1. The third kappa shape index (κ3) is 2.08. The molecule has 0 amide bonds. The summed E-state index contributed by atoms with van der Waals surface area (Å²) in [6, 6.07) is 7.37. The monoisotopic (exact) mass is 247 g/mol. The fourth-order valence-corrected chi connectivity index (χ4v) is 1.91. The average molecular weight is 248 g/mol. The lowest BCUT2D eigenvalue weighted by atomic mass is 10.4. The van der Waals surface area contributed by atoms with Crippen molar-refractivity contribution in [2.24, 2.45) is 4.36 Å². The van der Waals surface area contributed by atoms with Crippen molar-refractivity contribution in [1.82, 2.24) is 0 Å². The SMILES string of the molecule is CN=[S@@](C)(=O)c1ccc(Br)cc1. The minimum atomic E-state index is -2.16. The summed E-state index contributed by atoms with van der Waals surface area (Å²) in [5, 5.41) is 0. The predicted octanol–water partition coefficient (Wildman–Crippen LogP) is 2.54. The molecule has 1 rings (SSSR count). The Bertz CT molecular complexity index is 377. The Morgan fingerprint density at radius 2 is 1.83 bits per heavy atom. The predicted molar refractivity (Wildman–Crippen MR) is 54.8 cm³/mol. The summed E-state index contributed by atoms with van der Waals surface area (Å²) in [5.74, 6) is 0. The molecule has 0 unspecified atom stereocenters. The summed E-state index contributed by atoms with van der Waals surface area (Å²) in [5.41, 5.74) is 0. The van der Waals surface area contributed by atoms with Crippen molar-refractivity contribution >= 4 is 25.7 Å². The van der Waals surface area contributed by atoms with Gasteiger partial charge in [0, 0.05) is 22.7 Å². The maximum atomic E-state index is 11.7. The van der Waals surface area contributed by atoms with Crippen LogP contribution in [-0.2, 0) is 9.73 Å². The van der Waals surface area contributed by atoms with Crippen LogP contribution in [0.15, 0.2) is 38.0 Å². The molecule has 0 heterocycles. The van der Waals surface area contributed by atoms with Crippen LogP contribution < -0.4 is 0 Å². The maximum Gasteiger partial charge on any atom is 0.0720 e. The normalized spacial score (nSPS) is 15.2. The zero-order valence-electron chi connectivity index (χ0n) is 6.95. The molecule has 1 aromatic rings. The van der Waals surface area contributed by atoms with Crippen LogP contribution in [-0.4, -0.2) is 17.5 Å². The molecule has 1 aromatic carbocycles. The van der Waals surface area contributed by atoms with E-state index in [0.29, 0.717) is 0 Å². The van der Waals surface area contributed by atoms with E-state index in [4.69, 9.17) is 0 Å². The van der Waals surface area contributed by atoms with Crippen molar-refractivity contribution in [3.8, 4) is 0 Å². The second kappa shape index (κ2) is 3.58. The van der Waals surface area contributed by atoms with E-state index >= 15 is 0 Å². The van der Waals surface area contributed by atoms with Crippen LogP contribution in [0.25, 0.3) is 0 Å². The van der Waals surface area contributed by atoms with Gasteiger partial charge in [-0.05, 0) is 24.3 Å². The van der Waals surface area contributed by atoms with Gasteiger partial charge in [-0.25, -0.2) is 8.57 Å². The Labute approximate surface area is 81.3 Å². The van der Waals surface area contributed by atoms with Crippen LogP contribution in [0.5, 0.6) is 0 Å². The standard InChI is InChI=1S/C8H10BrNOS/c1-10-12(2,11)8-5-3-7(9)4-6-8/h3-6H,1-2H3/t12-/m0/s1. The molecule has 0 bridgehead atoms. The Morgan fingerprint density at radius 3 is 2.25 bits per heavy atom. The average Bonchev–Trinajstić information content (AvgIpc) is 2.05. The molecule has 4 heteroatoms. The smallest absolute Gasteiger partial charge is 0.0720 e. The molecule has 0 radical (unpaired) electrons. The molecule has 66 valence electrons. The Hall–Kier alpha value is -0.350. The largest absolute Gasteiger partial charge is 0.245 e. The summed E-state index contributed by atoms with van der Waals surface area (Å²) in [7, 11) is -0.587. The minimum Gasteiger partial charge on any atom is -0.245 e. The number of hydrogen-bond acceptors (Lipinski definition) is 2. The van der Waals surface area contributed by atoms with Crippen LogP contribution in [0.4, 0.5) is 0 Å². The topological polar surface area (TPSA) is 29.4 Å². The van der Waals surface area contributed by atoms with E-state index in [1.54, 1.807) is 13.3 Å². The molecule has 0 aliphatic heterocycles. The Kier molecular flexibility index (Phi) is 2.90. The van der Waals surface area contributed by atoms with E-state index in [9.17, 15) is 4.21 Å². The van der Waals surface area contributed by atoms with Crippen molar-refractivity contribution in [3.05, 3.63) is 28.7 Å². The summed E-state index contributed by atoms with van der Waals surface area (Å²) in [4.78, 5) is 0.771. The summed E-state index contributed by atoms with van der Waals surface area (Å²) < 4.78 is 16.5. The Morgan fingerprint density at radius 1 is 1.33 bits per heavy atom. The molecule has 0 saturated heterocycles. The lowest BCUT2D eigenvalue weighted by molar-refractivity contribution is 0.680. The molecule has 0 N–H and O–H groups in total. The van der Waals surface area contributed by atoms with E-state index in [0.717, 1.165) is 9.37 Å². The van der Waals surface area contributed by atoms with Crippen LogP contribution in [0.1, 0.15) is 0 Å². The van der Waals surface area contributed by atoms with Gasteiger partial charge in [0.05, 0.1) is 9.73 Å². The minimum absolute atomic E-state index is 0.771. The second-order valence-corrected chi connectivity index (χ2v) is 5.80. The molecule has 2 nitrogen and oxygen atoms in total. The van der Waals surface area contributed by atoms with Crippen LogP contribution in [0, 0.1) is 0 Å². The molecular formula is C8H10BrNOS. The first-order valence-electron chi connectivity index (χ1n) is 3.42. The highest BCUT2D eigenvalue weighted by atomic mass is 79.9. The highest BCUT2D eigenvalue weighted by molar-refractivity contribution is 9.10. The van der Waals surface area contributed by atoms with Crippen LogP contribution in [0.3, 0.4) is 0 Å². The van der Waals surface area contributed by atoms with E-state index in [1.165, 1.54) is 0 Å². The second-order valence-electron chi connectivity index (χ2n) is 2.44. The van der Waals surface area contributed by atoms with Crippen LogP contribution in [0.2, 0.25) is 0 Å². The third-order valence-corrected chi connectivity index (χ3v) is 3.97. The van der Waals surface area contributed by atoms with Gasteiger partial charge in [-0.3, -0.25) is 0 Å². The molecule has 0 saturated carbocycles. The van der Waals surface area contributed by atoms with Gasteiger partial charge in [0.15, 0.2) is 0 Å². The van der Waals surface area contributed by atoms with E-state index < -0.39 is 9.73 Å². The van der Waals surface area contributed by atoms with Crippen molar-refractivity contribution in [2.75, 3.05) is 13.3 Å². The van der Waals surface area contributed by atoms with Crippen molar-refractivity contribution in [3.63, 3.8) is 0 Å². The molecule has 1 atom stereocenters. The van der Waals surface area contributed by atoms with Gasteiger partial charge in [-0.15, -0.1) is 0 Å². The van der Waals surface area contributed by atoms with Gasteiger partial charge in [0.1, 0.15) is 0 Å². The van der Waals surface area contributed by atoms with Gasteiger partial charge in [-0.1, -0.05) is 15.9 Å². The zero-order chi connectivity index (χ0) is 9.19. The van der Waals surface area contributed by atoms with Crippen LogP contribution >= 0.6 is 15.9 Å². The molecule has 0 aliphatic rings. The highest BCUT2D eigenvalue weighted by Gasteiger charge is 2.02. The van der Waals surface area contributed by atoms with Crippen molar-refractivity contribution in [2.45, 2.75) is 4.90 Å². The van der Waals surface area contributed by atoms with Gasteiger partial charge >= 0.3 is 0 Å². The van der Waals surface area contributed by atoms with Gasteiger partial charge in [0.25, 0.3) is 0 Å². The number of halogens is 1. The van der Waals surface area contributed by atoms with E-state index in [1.807, 2.05) is 24.3 Å². The lowest BCUT2D eigenvalue weighted by Gasteiger charge is -2.01. The molecule has 0 aliphatic carbocycles. The van der Waals surface area contributed by atoms with Crippen molar-refractivity contribution < 1.29 is 4.21 Å². The molecule has 0 spiro atoms. The summed E-state index contributed by atoms with van der Waals surface area (Å²) in [6.45, 7) is 0. The highest BCUT2D eigenvalue weighted by Crippen LogP contribution is 2.15. The van der Waals surface area contributed by atoms with E-state index in [-0.39, 0.29) is 0 Å². The lowest BCUT2D eigenvalue weighted by Crippen LogP contribution is -1.95. The van der Waals surface area contributed by atoms with Gasteiger partial charge < -0.3 is 0 Å². The van der Waals surface area contributed by atoms with Gasteiger partial charge in [0.2, 0.25) is 0 Å². The third-order valence-electron chi connectivity index (χ3n) is 1.60. The molecular weight excluding hydrogens is 238 g/mol. The maximum absolute atomic E-state index is 11.7. The summed E-state index contributed by atoms with van der Waals surface area (Å²) in [6.07, 6.45) is 1.64. The molecule has 0 aromatic heterocycles. The number of rotatable bonds is 1. The molecule has 0 fully saturated rings. The van der Waals surface area contributed by atoms with Crippen molar-refractivity contribution in [1.29, 1.82) is 0 Å². The fraction of sp³-hybridized carbons (Fsp3) is 0.250. The first-order chi connectivity index (χ1) is 5.56. The fourth-order valence-electron chi connectivity index (χ4n) is 0.793. The number of nitrogens with zero attached hydrogens (tertiary/aromatic N) is 1. The first kappa shape index (κ1) is 9.74. The molecule has 12 heavy (non-hydrogen) atoms. The summed E-state index contributed by atoms with van der Waals surface area (Å²) >= 11 is 3.31. The zero-order valence-corrected chi connectivity index (χ0v) is 9.35. The van der Waals surface area contributed by atoms with Gasteiger partial charge in [-0.2, -0.15) is 0 Å². The quantitative estimate of drug-likeness (QED) is 0.750. The Balaban J connectivity index is 3.24. The first-order valence-corrected chi connectivity index (χ1v) is 6.14.